The summed E-state index contributed by atoms with van der Waals surface area (Å²) < 4.78 is 30.3. The molecule has 136 valence electrons. The molecule has 0 saturated carbocycles. The highest BCUT2D eigenvalue weighted by molar-refractivity contribution is 5.76. The van der Waals surface area contributed by atoms with Crippen LogP contribution in [0.4, 0.5) is 8.78 Å². The van der Waals surface area contributed by atoms with Crippen molar-refractivity contribution in [1.29, 1.82) is 0 Å². The Balaban J connectivity index is 1.51. The lowest BCUT2D eigenvalue weighted by atomic mass is 10.0. The Hall–Kier alpha value is -2.47. The average molecular weight is 357 g/mol. The van der Waals surface area contributed by atoms with Crippen molar-refractivity contribution in [2.45, 2.75) is 25.4 Å². The zero-order valence-corrected chi connectivity index (χ0v) is 14.7. The highest BCUT2D eigenvalue weighted by Gasteiger charge is 2.24. The minimum absolute atomic E-state index is 0.0110. The summed E-state index contributed by atoms with van der Waals surface area (Å²) in [5, 5.41) is 0. The fraction of sp³-hybridized carbons (Fsp3) is 0.350. The van der Waals surface area contributed by atoms with Crippen LogP contribution in [0.5, 0.6) is 0 Å². The fourth-order valence-electron chi connectivity index (χ4n) is 3.97. The molecule has 1 aromatic heterocycles. The van der Waals surface area contributed by atoms with Gasteiger partial charge in [-0.1, -0.05) is 12.1 Å². The Morgan fingerprint density at radius 2 is 1.62 bits per heavy atom. The van der Waals surface area contributed by atoms with Crippen LogP contribution in [-0.2, 0) is 13.6 Å². The Bertz CT molecular complexity index is 980. The third-order valence-electron chi connectivity index (χ3n) is 5.25. The largest absolute Gasteiger partial charge is 0.329 e. The first-order valence-electron chi connectivity index (χ1n) is 8.86. The Kier molecular flexibility index (Phi) is 4.36. The molecular weight excluding hydrogens is 336 g/mol. The van der Waals surface area contributed by atoms with Crippen molar-refractivity contribution in [3.05, 3.63) is 70.1 Å². The van der Waals surface area contributed by atoms with Crippen molar-refractivity contribution in [2.24, 2.45) is 7.05 Å². The van der Waals surface area contributed by atoms with E-state index in [4.69, 9.17) is 0 Å². The highest BCUT2D eigenvalue weighted by Crippen LogP contribution is 2.26. The van der Waals surface area contributed by atoms with E-state index in [-0.39, 0.29) is 11.7 Å². The molecule has 26 heavy (non-hydrogen) atoms. The molecule has 4 nitrogen and oxygen atoms in total. The SMILES string of the molecule is Cn1c(=O)n(C2CCN(Cc3cc(F)cc(F)c3)CC2)c2ccccc21. The van der Waals surface area contributed by atoms with Gasteiger partial charge >= 0.3 is 5.69 Å². The van der Waals surface area contributed by atoms with E-state index in [0.29, 0.717) is 12.1 Å². The molecule has 0 N–H and O–H groups in total. The van der Waals surface area contributed by atoms with Crippen LogP contribution < -0.4 is 5.69 Å². The number of aromatic nitrogens is 2. The maximum atomic E-state index is 13.4. The summed E-state index contributed by atoms with van der Waals surface area (Å²) in [5.41, 5.74) is 2.56. The van der Waals surface area contributed by atoms with Gasteiger partial charge in [-0.3, -0.25) is 14.0 Å². The Morgan fingerprint density at radius 3 is 2.27 bits per heavy atom. The summed E-state index contributed by atoms with van der Waals surface area (Å²) in [6.45, 7) is 2.10. The van der Waals surface area contributed by atoms with E-state index in [1.807, 2.05) is 28.8 Å². The van der Waals surface area contributed by atoms with Crippen molar-refractivity contribution in [2.75, 3.05) is 13.1 Å². The summed E-state index contributed by atoms with van der Waals surface area (Å²) in [6.07, 6.45) is 1.68. The van der Waals surface area contributed by atoms with Gasteiger partial charge in [0.15, 0.2) is 0 Å². The van der Waals surface area contributed by atoms with Crippen molar-refractivity contribution >= 4 is 11.0 Å². The van der Waals surface area contributed by atoms with Crippen molar-refractivity contribution in [1.82, 2.24) is 14.0 Å². The van der Waals surface area contributed by atoms with Gasteiger partial charge in [0.05, 0.1) is 11.0 Å². The number of fused-ring (bicyclic) bond motifs is 1. The van der Waals surface area contributed by atoms with Gasteiger partial charge in [-0.2, -0.15) is 0 Å². The number of para-hydroxylation sites is 2. The zero-order chi connectivity index (χ0) is 18.3. The number of rotatable bonds is 3. The molecule has 1 aliphatic rings. The first-order valence-corrected chi connectivity index (χ1v) is 8.86. The number of likely N-dealkylation sites (tertiary alicyclic amines) is 1. The molecule has 4 rings (SSSR count). The standard InChI is InChI=1S/C20H21F2N3O/c1-23-18-4-2-3-5-19(18)25(20(23)26)17-6-8-24(9-7-17)13-14-10-15(21)12-16(22)11-14/h2-5,10-12,17H,6-9,13H2,1H3. The van der Waals surface area contributed by atoms with Crippen LogP contribution in [0.1, 0.15) is 24.4 Å². The lowest BCUT2D eigenvalue weighted by Crippen LogP contribution is -2.37. The molecule has 2 heterocycles. The molecule has 0 aliphatic carbocycles. The summed E-state index contributed by atoms with van der Waals surface area (Å²) in [4.78, 5) is 14.8. The first-order chi connectivity index (χ1) is 12.5. The molecule has 0 radical (unpaired) electrons. The fourth-order valence-corrected chi connectivity index (χ4v) is 3.97. The molecular formula is C20H21F2N3O. The number of aryl methyl sites for hydroxylation is 1. The quantitative estimate of drug-likeness (QED) is 0.719. The summed E-state index contributed by atoms with van der Waals surface area (Å²) in [7, 11) is 1.80. The van der Waals surface area contributed by atoms with Gasteiger partial charge in [0, 0.05) is 38.8 Å². The Morgan fingerprint density at radius 1 is 1.00 bits per heavy atom. The van der Waals surface area contributed by atoms with E-state index in [1.165, 1.54) is 12.1 Å². The van der Waals surface area contributed by atoms with Gasteiger partial charge in [0.2, 0.25) is 0 Å². The van der Waals surface area contributed by atoms with Crippen LogP contribution in [0.15, 0.2) is 47.3 Å². The van der Waals surface area contributed by atoms with Crippen LogP contribution in [0, 0.1) is 11.6 Å². The van der Waals surface area contributed by atoms with Gasteiger partial charge in [0.25, 0.3) is 0 Å². The van der Waals surface area contributed by atoms with E-state index in [2.05, 4.69) is 4.90 Å². The van der Waals surface area contributed by atoms with Crippen LogP contribution >= 0.6 is 0 Å². The third kappa shape index (κ3) is 3.05. The van der Waals surface area contributed by atoms with Gasteiger partial charge in [0.1, 0.15) is 11.6 Å². The van der Waals surface area contributed by atoms with Crippen molar-refractivity contribution in [3.8, 4) is 0 Å². The second-order valence-electron chi connectivity index (χ2n) is 6.99. The van der Waals surface area contributed by atoms with Crippen LogP contribution in [0.3, 0.4) is 0 Å². The monoisotopic (exact) mass is 357 g/mol. The van der Waals surface area contributed by atoms with Gasteiger partial charge < -0.3 is 0 Å². The van der Waals surface area contributed by atoms with E-state index in [1.54, 1.807) is 11.6 Å². The maximum Gasteiger partial charge on any atom is 0.329 e. The molecule has 3 aromatic rings. The van der Waals surface area contributed by atoms with Crippen LogP contribution in [0.25, 0.3) is 11.0 Å². The molecule has 0 spiro atoms. The predicted octanol–water partition coefficient (Wildman–Crippen LogP) is 3.46. The lowest BCUT2D eigenvalue weighted by molar-refractivity contribution is 0.179. The Labute approximate surface area is 150 Å². The number of piperidine rings is 1. The van der Waals surface area contributed by atoms with Crippen LogP contribution in [-0.4, -0.2) is 27.1 Å². The number of hydrogen-bond acceptors (Lipinski definition) is 2. The molecule has 1 saturated heterocycles. The van der Waals surface area contributed by atoms with E-state index >= 15 is 0 Å². The normalized spacial score (nSPS) is 16.4. The summed E-state index contributed by atoms with van der Waals surface area (Å²) >= 11 is 0. The maximum absolute atomic E-state index is 13.4. The molecule has 1 aliphatic heterocycles. The minimum atomic E-state index is -0.544. The number of halogens is 2. The summed E-state index contributed by atoms with van der Waals surface area (Å²) in [5.74, 6) is -1.09. The topological polar surface area (TPSA) is 30.2 Å². The van der Waals surface area contributed by atoms with Crippen LogP contribution in [0.2, 0.25) is 0 Å². The number of nitrogens with zero attached hydrogens (tertiary/aromatic N) is 3. The third-order valence-corrected chi connectivity index (χ3v) is 5.25. The van der Waals surface area contributed by atoms with E-state index < -0.39 is 11.6 Å². The minimum Gasteiger partial charge on any atom is -0.299 e. The summed E-state index contributed by atoms with van der Waals surface area (Å²) in [6, 6.07) is 11.6. The highest BCUT2D eigenvalue weighted by atomic mass is 19.1. The molecule has 2 aromatic carbocycles. The van der Waals surface area contributed by atoms with Gasteiger partial charge in [-0.05, 0) is 42.7 Å². The van der Waals surface area contributed by atoms with Gasteiger partial charge in [-0.15, -0.1) is 0 Å². The molecule has 0 atom stereocenters. The second kappa shape index (κ2) is 6.68. The molecule has 0 unspecified atom stereocenters. The lowest BCUT2D eigenvalue weighted by Gasteiger charge is -2.32. The number of imidazole rings is 1. The first kappa shape index (κ1) is 17.0. The average Bonchev–Trinajstić information content (AvgIpc) is 2.86. The predicted molar refractivity (Wildman–Crippen MR) is 97.1 cm³/mol. The number of hydrogen-bond donors (Lipinski definition) is 0. The van der Waals surface area contributed by atoms with Crippen molar-refractivity contribution < 1.29 is 8.78 Å². The molecule has 0 amide bonds. The zero-order valence-electron chi connectivity index (χ0n) is 14.7. The van der Waals surface area contributed by atoms with E-state index in [9.17, 15) is 13.6 Å². The molecule has 6 heteroatoms. The molecule has 0 bridgehead atoms. The molecule has 1 fully saturated rings. The number of benzene rings is 2. The van der Waals surface area contributed by atoms with Crippen molar-refractivity contribution in [3.63, 3.8) is 0 Å². The second-order valence-corrected chi connectivity index (χ2v) is 6.99. The van der Waals surface area contributed by atoms with Gasteiger partial charge in [-0.25, -0.2) is 13.6 Å². The van der Waals surface area contributed by atoms with E-state index in [0.717, 1.165) is 43.0 Å². The smallest absolute Gasteiger partial charge is 0.299 e.